The summed E-state index contributed by atoms with van der Waals surface area (Å²) in [5, 5.41) is 9.92. The molecule has 1 nitrogen and oxygen atoms in total. The normalized spacial score (nSPS) is 15.4. The molecule has 78 valence electrons. The van der Waals surface area contributed by atoms with Crippen molar-refractivity contribution < 1.29 is 5.11 Å². The zero-order valence-electron chi connectivity index (χ0n) is 9.40. The lowest BCUT2D eigenvalue weighted by Gasteiger charge is -2.23. The maximum Gasteiger partial charge on any atom is 0.0656 e. The first-order valence-electron chi connectivity index (χ1n) is 5.34. The van der Waals surface area contributed by atoms with Crippen LogP contribution in [0.1, 0.15) is 59.3 Å². The largest absolute Gasteiger partial charge is 0.390 e. The second-order valence-corrected chi connectivity index (χ2v) is 4.44. The standard InChI is InChI=1S/C12H24O/c1-5-6-7-8-9-12(4,13)10-11(2)3/h13H,2,5-10H2,1,3-4H3. The average Bonchev–Trinajstić information content (AvgIpc) is 1.95. The fourth-order valence-corrected chi connectivity index (χ4v) is 1.67. The minimum absolute atomic E-state index is 0.528. The van der Waals surface area contributed by atoms with Crippen molar-refractivity contribution in [3.63, 3.8) is 0 Å². The number of hydrogen-bond acceptors (Lipinski definition) is 1. The van der Waals surface area contributed by atoms with E-state index in [9.17, 15) is 5.11 Å². The van der Waals surface area contributed by atoms with Crippen LogP contribution < -0.4 is 0 Å². The molecular weight excluding hydrogens is 160 g/mol. The lowest BCUT2D eigenvalue weighted by atomic mass is 9.92. The molecule has 0 saturated carbocycles. The molecule has 13 heavy (non-hydrogen) atoms. The van der Waals surface area contributed by atoms with E-state index in [1.807, 2.05) is 13.8 Å². The van der Waals surface area contributed by atoms with Gasteiger partial charge in [0.15, 0.2) is 0 Å². The topological polar surface area (TPSA) is 20.2 Å². The highest BCUT2D eigenvalue weighted by Crippen LogP contribution is 2.21. The van der Waals surface area contributed by atoms with Gasteiger partial charge in [-0.3, -0.25) is 0 Å². The Labute approximate surface area is 82.9 Å². The summed E-state index contributed by atoms with van der Waals surface area (Å²) in [6, 6.07) is 0. The van der Waals surface area contributed by atoms with E-state index < -0.39 is 5.60 Å². The Kier molecular flexibility index (Phi) is 6.06. The molecule has 0 rings (SSSR count). The van der Waals surface area contributed by atoms with Crippen molar-refractivity contribution in [2.75, 3.05) is 0 Å². The van der Waals surface area contributed by atoms with E-state index in [2.05, 4.69) is 13.5 Å². The van der Waals surface area contributed by atoms with Gasteiger partial charge < -0.3 is 5.11 Å². The van der Waals surface area contributed by atoms with Crippen molar-refractivity contribution in [1.82, 2.24) is 0 Å². The van der Waals surface area contributed by atoms with E-state index in [0.29, 0.717) is 0 Å². The van der Waals surface area contributed by atoms with Crippen LogP contribution >= 0.6 is 0 Å². The first-order chi connectivity index (χ1) is 5.98. The van der Waals surface area contributed by atoms with Gasteiger partial charge in [0.25, 0.3) is 0 Å². The van der Waals surface area contributed by atoms with Gasteiger partial charge in [-0.25, -0.2) is 0 Å². The molecule has 0 aliphatic rings. The molecule has 0 fully saturated rings. The summed E-state index contributed by atoms with van der Waals surface area (Å²) in [5.41, 5.74) is 0.542. The summed E-state index contributed by atoms with van der Waals surface area (Å²) in [5.74, 6) is 0. The molecule has 1 unspecified atom stereocenters. The molecule has 0 aliphatic carbocycles. The molecular formula is C12H24O. The molecule has 1 heteroatoms. The quantitative estimate of drug-likeness (QED) is 0.473. The third-order valence-corrected chi connectivity index (χ3v) is 2.25. The SMILES string of the molecule is C=C(C)CC(C)(O)CCCCCC. The van der Waals surface area contributed by atoms with Gasteiger partial charge in [0.05, 0.1) is 5.60 Å². The van der Waals surface area contributed by atoms with Gasteiger partial charge >= 0.3 is 0 Å². The van der Waals surface area contributed by atoms with Crippen LogP contribution in [0.5, 0.6) is 0 Å². The van der Waals surface area contributed by atoms with Crippen molar-refractivity contribution in [1.29, 1.82) is 0 Å². The third-order valence-electron chi connectivity index (χ3n) is 2.25. The number of aliphatic hydroxyl groups is 1. The van der Waals surface area contributed by atoms with Crippen molar-refractivity contribution >= 4 is 0 Å². The zero-order valence-corrected chi connectivity index (χ0v) is 9.40. The van der Waals surface area contributed by atoms with Gasteiger partial charge in [-0.1, -0.05) is 38.2 Å². The Morgan fingerprint density at radius 1 is 1.31 bits per heavy atom. The van der Waals surface area contributed by atoms with Gasteiger partial charge in [-0.05, 0) is 26.7 Å². The molecule has 0 aromatic heterocycles. The Morgan fingerprint density at radius 2 is 1.92 bits per heavy atom. The maximum absolute atomic E-state index is 9.92. The highest BCUT2D eigenvalue weighted by atomic mass is 16.3. The van der Waals surface area contributed by atoms with Gasteiger partial charge in [-0.2, -0.15) is 0 Å². The number of rotatable bonds is 7. The van der Waals surface area contributed by atoms with E-state index in [1.165, 1.54) is 19.3 Å². The summed E-state index contributed by atoms with van der Waals surface area (Å²) in [6.07, 6.45) is 6.54. The molecule has 1 atom stereocenters. The summed E-state index contributed by atoms with van der Waals surface area (Å²) >= 11 is 0. The second kappa shape index (κ2) is 6.20. The van der Waals surface area contributed by atoms with E-state index in [1.54, 1.807) is 0 Å². The predicted octanol–water partition coefficient (Wildman–Crippen LogP) is 3.67. The molecule has 0 aromatic carbocycles. The van der Waals surface area contributed by atoms with Crippen LogP contribution in [-0.2, 0) is 0 Å². The third kappa shape index (κ3) is 8.04. The Balaban J connectivity index is 3.56. The van der Waals surface area contributed by atoms with Crippen LogP contribution in [0.25, 0.3) is 0 Å². The van der Waals surface area contributed by atoms with Crippen molar-refractivity contribution in [3.8, 4) is 0 Å². The predicted molar refractivity (Wildman–Crippen MR) is 58.8 cm³/mol. The van der Waals surface area contributed by atoms with E-state index in [0.717, 1.165) is 24.8 Å². The van der Waals surface area contributed by atoms with Gasteiger partial charge in [0.2, 0.25) is 0 Å². The summed E-state index contributed by atoms with van der Waals surface area (Å²) in [6.45, 7) is 9.91. The highest BCUT2D eigenvalue weighted by Gasteiger charge is 2.19. The molecule has 0 saturated heterocycles. The van der Waals surface area contributed by atoms with E-state index in [-0.39, 0.29) is 0 Å². The van der Waals surface area contributed by atoms with Crippen LogP contribution in [0.3, 0.4) is 0 Å². The minimum atomic E-state index is -0.528. The zero-order chi connectivity index (χ0) is 10.3. The molecule has 0 aromatic rings. The van der Waals surface area contributed by atoms with E-state index >= 15 is 0 Å². The minimum Gasteiger partial charge on any atom is -0.390 e. The van der Waals surface area contributed by atoms with Crippen molar-refractivity contribution in [2.45, 2.75) is 64.9 Å². The smallest absolute Gasteiger partial charge is 0.0656 e. The lowest BCUT2D eigenvalue weighted by molar-refractivity contribution is 0.0486. The average molecular weight is 184 g/mol. The van der Waals surface area contributed by atoms with Crippen molar-refractivity contribution in [2.24, 2.45) is 0 Å². The maximum atomic E-state index is 9.92. The molecule has 0 radical (unpaired) electrons. The first kappa shape index (κ1) is 12.7. The van der Waals surface area contributed by atoms with Crippen LogP contribution in [0, 0.1) is 0 Å². The molecule has 0 aliphatic heterocycles. The molecule has 0 bridgehead atoms. The number of hydrogen-bond donors (Lipinski definition) is 1. The van der Waals surface area contributed by atoms with Gasteiger partial charge in [0.1, 0.15) is 0 Å². The second-order valence-electron chi connectivity index (χ2n) is 4.44. The molecule has 1 N–H and O–H groups in total. The number of unbranched alkanes of at least 4 members (excludes halogenated alkanes) is 3. The fraction of sp³-hybridized carbons (Fsp3) is 0.833. The fourth-order valence-electron chi connectivity index (χ4n) is 1.67. The van der Waals surface area contributed by atoms with E-state index in [4.69, 9.17) is 0 Å². The first-order valence-corrected chi connectivity index (χ1v) is 5.34. The lowest BCUT2D eigenvalue weighted by Crippen LogP contribution is -2.23. The van der Waals surface area contributed by atoms with Gasteiger partial charge in [-0.15, -0.1) is 6.58 Å². The Bertz CT molecular complexity index is 147. The molecule has 0 amide bonds. The summed E-state index contributed by atoms with van der Waals surface area (Å²) < 4.78 is 0. The van der Waals surface area contributed by atoms with Crippen LogP contribution in [0.15, 0.2) is 12.2 Å². The van der Waals surface area contributed by atoms with Gasteiger partial charge in [0, 0.05) is 0 Å². The molecule has 0 spiro atoms. The highest BCUT2D eigenvalue weighted by molar-refractivity contribution is 4.95. The van der Waals surface area contributed by atoms with Crippen LogP contribution in [-0.4, -0.2) is 10.7 Å². The Morgan fingerprint density at radius 3 is 2.38 bits per heavy atom. The Hall–Kier alpha value is -0.300. The van der Waals surface area contributed by atoms with Crippen molar-refractivity contribution in [3.05, 3.63) is 12.2 Å². The van der Waals surface area contributed by atoms with Crippen LogP contribution in [0.4, 0.5) is 0 Å². The monoisotopic (exact) mass is 184 g/mol. The summed E-state index contributed by atoms with van der Waals surface area (Å²) in [7, 11) is 0. The summed E-state index contributed by atoms with van der Waals surface area (Å²) in [4.78, 5) is 0. The van der Waals surface area contributed by atoms with Crippen LogP contribution in [0.2, 0.25) is 0 Å². The molecule has 0 heterocycles.